The number of hydrogen-bond donors (Lipinski definition) is 2. The van der Waals surface area contributed by atoms with E-state index < -0.39 is 24.4 Å². The molecule has 0 fully saturated rings. The van der Waals surface area contributed by atoms with Gasteiger partial charge in [0.25, 0.3) is 11.8 Å². The number of hydrogen-bond acceptors (Lipinski definition) is 8. The fourth-order valence-corrected chi connectivity index (χ4v) is 2.52. The Morgan fingerprint density at radius 3 is 2.13 bits per heavy atom. The molecule has 10 heteroatoms. The summed E-state index contributed by atoms with van der Waals surface area (Å²) in [6.45, 7) is -0.578. The summed E-state index contributed by atoms with van der Waals surface area (Å²) in [5.41, 5.74) is 5.97. The number of methoxy groups -OCH3 is 3. The van der Waals surface area contributed by atoms with Crippen LogP contribution in [-0.4, -0.2) is 52.3 Å². The van der Waals surface area contributed by atoms with Crippen molar-refractivity contribution in [3.05, 3.63) is 47.5 Å². The molecule has 0 unspecified atom stereocenters. The van der Waals surface area contributed by atoms with E-state index in [1.54, 1.807) is 18.2 Å². The molecule has 0 aliphatic carbocycles. The molecule has 0 spiro atoms. The molecule has 0 atom stereocenters. The number of ether oxygens (including phenoxy) is 5. The van der Waals surface area contributed by atoms with Gasteiger partial charge in [-0.05, 0) is 35.9 Å². The maximum absolute atomic E-state index is 12.2. The molecule has 166 valence electrons. The fraction of sp³-hybridized carbons (Fsp3) is 0.286. The van der Waals surface area contributed by atoms with Crippen molar-refractivity contribution >= 4 is 17.8 Å². The van der Waals surface area contributed by atoms with Crippen molar-refractivity contribution in [3.63, 3.8) is 0 Å². The molecule has 2 amide bonds. The van der Waals surface area contributed by atoms with Gasteiger partial charge in [0.1, 0.15) is 0 Å². The normalized spacial score (nSPS) is 10.0. The first kappa shape index (κ1) is 23.3. The first-order chi connectivity index (χ1) is 14.9. The first-order valence-corrected chi connectivity index (χ1v) is 9.11. The van der Waals surface area contributed by atoms with Gasteiger partial charge in [-0.3, -0.25) is 9.59 Å². The number of nitrogens with one attached hydrogen (secondary N) is 1. The number of benzene rings is 2. The Balaban J connectivity index is 1.89. The Hall–Kier alpha value is -3.95. The van der Waals surface area contributed by atoms with Gasteiger partial charge in [0.05, 0.1) is 26.9 Å². The highest BCUT2D eigenvalue weighted by molar-refractivity contribution is 5.92. The van der Waals surface area contributed by atoms with Crippen LogP contribution in [0.15, 0.2) is 36.4 Å². The van der Waals surface area contributed by atoms with Crippen molar-refractivity contribution in [2.24, 2.45) is 5.73 Å². The number of carbonyl (C=O) groups excluding carboxylic acids is 3. The fourth-order valence-electron chi connectivity index (χ4n) is 2.52. The Labute approximate surface area is 179 Å². The lowest BCUT2D eigenvalue weighted by Crippen LogP contribution is -2.28. The molecule has 0 heterocycles. The minimum Gasteiger partial charge on any atom is -0.493 e. The van der Waals surface area contributed by atoms with Crippen molar-refractivity contribution in [2.75, 3.05) is 34.5 Å². The number of amides is 2. The van der Waals surface area contributed by atoms with E-state index in [1.807, 2.05) is 0 Å². The van der Waals surface area contributed by atoms with Gasteiger partial charge in [0.15, 0.2) is 36.2 Å². The lowest BCUT2D eigenvalue weighted by atomic mass is 10.2. The van der Waals surface area contributed by atoms with Crippen molar-refractivity contribution in [1.29, 1.82) is 0 Å². The second-order valence-corrected chi connectivity index (χ2v) is 6.16. The SMILES string of the molecule is COc1ccc(CNC(=O)COC(=O)c2ccc(OCC(N)=O)c(OC)c2)cc1OC. The molecule has 0 bridgehead atoms. The smallest absolute Gasteiger partial charge is 0.338 e. The average molecular weight is 432 g/mol. The molecule has 0 aliphatic heterocycles. The van der Waals surface area contributed by atoms with Gasteiger partial charge >= 0.3 is 5.97 Å². The third kappa shape index (κ3) is 6.81. The van der Waals surface area contributed by atoms with Crippen LogP contribution in [0.5, 0.6) is 23.0 Å². The molecule has 0 aromatic heterocycles. The number of esters is 1. The molecule has 0 radical (unpaired) electrons. The van der Waals surface area contributed by atoms with Crippen LogP contribution in [0.25, 0.3) is 0 Å². The molecule has 10 nitrogen and oxygen atoms in total. The molecular weight excluding hydrogens is 408 g/mol. The summed E-state index contributed by atoms with van der Waals surface area (Å²) in [5.74, 6) is -0.271. The van der Waals surface area contributed by atoms with E-state index in [1.165, 1.54) is 39.5 Å². The standard InChI is InChI=1S/C21H24N2O8/c1-27-15-6-4-13(8-17(15)28-2)10-23-20(25)12-31-21(26)14-5-7-16(18(9-14)29-3)30-11-19(22)24/h4-9H,10-12H2,1-3H3,(H2,22,24)(H,23,25). The zero-order valence-corrected chi connectivity index (χ0v) is 17.4. The highest BCUT2D eigenvalue weighted by Crippen LogP contribution is 2.28. The number of rotatable bonds is 11. The molecule has 0 aliphatic rings. The second-order valence-electron chi connectivity index (χ2n) is 6.16. The summed E-state index contributed by atoms with van der Waals surface area (Å²) < 4.78 is 25.7. The summed E-state index contributed by atoms with van der Waals surface area (Å²) in [6, 6.07) is 9.48. The molecule has 2 aromatic carbocycles. The molecule has 3 N–H and O–H groups in total. The van der Waals surface area contributed by atoms with Crippen LogP contribution in [0, 0.1) is 0 Å². The zero-order valence-electron chi connectivity index (χ0n) is 17.4. The summed E-state index contributed by atoms with van der Waals surface area (Å²) in [5, 5.41) is 2.65. The first-order valence-electron chi connectivity index (χ1n) is 9.11. The molecule has 0 saturated carbocycles. The Morgan fingerprint density at radius 1 is 0.839 bits per heavy atom. The highest BCUT2D eigenvalue weighted by atomic mass is 16.5. The summed E-state index contributed by atoms with van der Waals surface area (Å²) in [6.07, 6.45) is 0. The van der Waals surface area contributed by atoms with Gasteiger partial charge in [0, 0.05) is 6.54 Å². The molecule has 2 aromatic rings. The third-order valence-corrected chi connectivity index (χ3v) is 4.04. The predicted molar refractivity (Wildman–Crippen MR) is 109 cm³/mol. The van der Waals surface area contributed by atoms with Crippen LogP contribution >= 0.6 is 0 Å². The monoisotopic (exact) mass is 432 g/mol. The highest BCUT2D eigenvalue weighted by Gasteiger charge is 2.15. The largest absolute Gasteiger partial charge is 0.493 e. The lowest BCUT2D eigenvalue weighted by Gasteiger charge is -2.12. The summed E-state index contributed by atoms with van der Waals surface area (Å²) in [4.78, 5) is 35.1. The Bertz CT molecular complexity index is 945. The number of primary amides is 1. The van der Waals surface area contributed by atoms with Gasteiger partial charge in [-0.15, -0.1) is 0 Å². The molecule has 0 saturated heterocycles. The van der Waals surface area contributed by atoms with Gasteiger partial charge in [-0.1, -0.05) is 6.07 Å². The maximum Gasteiger partial charge on any atom is 0.338 e. The van der Waals surface area contributed by atoms with E-state index in [0.29, 0.717) is 11.5 Å². The van der Waals surface area contributed by atoms with Gasteiger partial charge < -0.3 is 34.7 Å². The van der Waals surface area contributed by atoms with E-state index in [2.05, 4.69) is 5.32 Å². The third-order valence-electron chi connectivity index (χ3n) is 4.04. The maximum atomic E-state index is 12.2. The van der Waals surface area contributed by atoms with Crippen LogP contribution in [0.1, 0.15) is 15.9 Å². The van der Waals surface area contributed by atoms with E-state index in [0.717, 1.165) is 5.56 Å². The van der Waals surface area contributed by atoms with Crippen LogP contribution in [-0.2, 0) is 20.9 Å². The van der Waals surface area contributed by atoms with Crippen LogP contribution in [0.3, 0.4) is 0 Å². The van der Waals surface area contributed by atoms with Crippen molar-refractivity contribution in [1.82, 2.24) is 5.32 Å². The van der Waals surface area contributed by atoms with Gasteiger partial charge in [0.2, 0.25) is 0 Å². The van der Waals surface area contributed by atoms with Crippen LogP contribution in [0.4, 0.5) is 0 Å². The summed E-state index contributed by atoms with van der Waals surface area (Å²) >= 11 is 0. The minimum atomic E-state index is -0.721. The van der Waals surface area contributed by atoms with E-state index in [4.69, 9.17) is 29.4 Å². The van der Waals surface area contributed by atoms with Gasteiger partial charge in [-0.25, -0.2) is 4.79 Å². The molecular formula is C21H24N2O8. The molecule has 2 rings (SSSR count). The van der Waals surface area contributed by atoms with Crippen molar-refractivity contribution < 1.29 is 38.1 Å². The topological polar surface area (TPSA) is 135 Å². The van der Waals surface area contributed by atoms with E-state index >= 15 is 0 Å². The lowest BCUT2D eigenvalue weighted by molar-refractivity contribution is -0.124. The van der Waals surface area contributed by atoms with Gasteiger partial charge in [-0.2, -0.15) is 0 Å². The Morgan fingerprint density at radius 2 is 1.48 bits per heavy atom. The van der Waals surface area contributed by atoms with Crippen LogP contribution in [0.2, 0.25) is 0 Å². The van der Waals surface area contributed by atoms with E-state index in [9.17, 15) is 14.4 Å². The van der Waals surface area contributed by atoms with Crippen molar-refractivity contribution in [2.45, 2.75) is 6.54 Å². The Kier molecular flexibility index (Phi) is 8.50. The minimum absolute atomic E-state index is 0.149. The van der Waals surface area contributed by atoms with Crippen LogP contribution < -0.4 is 30.0 Å². The second kappa shape index (κ2) is 11.3. The quantitative estimate of drug-likeness (QED) is 0.503. The van der Waals surface area contributed by atoms with E-state index in [-0.39, 0.29) is 30.2 Å². The average Bonchev–Trinajstić information content (AvgIpc) is 2.79. The predicted octanol–water partition coefficient (Wildman–Crippen LogP) is 1.05. The molecule has 31 heavy (non-hydrogen) atoms. The zero-order chi connectivity index (χ0) is 22.8. The number of nitrogens with two attached hydrogens (primary N) is 1. The summed E-state index contributed by atoms with van der Waals surface area (Å²) in [7, 11) is 4.43. The van der Waals surface area contributed by atoms with Crippen molar-refractivity contribution in [3.8, 4) is 23.0 Å². The number of carbonyl (C=O) groups is 3.